The Kier molecular flexibility index (Phi) is 8.06. The number of nitrogens with two attached hydrogens (primary N) is 1. The molecule has 12 nitrogen and oxygen atoms in total. The van der Waals surface area contributed by atoms with Gasteiger partial charge < -0.3 is 15.6 Å². The number of alkyl halides is 3. The largest absolute Gasteiger partial charge is 0.508 e. The summed E-state index contributed by atoms with van der Waals surface area (Å²) in [6.45, 7) is 0. The van der Waals surface area contributed by atoms with Gasteiger partial charge in [0.2, 0.25) is 11.8 Å². The number of likely N-dealkylation sites (tertiary alicyclic amines) is 1. The Bertz CT molecular complexity index is 2080. The number of halogens is 5. The zero-order valence-electron chi connectivity index (χ0n) is 26.3. The van der Waals surface area contributed by atoms with Crippen LogP contribution >= 0.6 is 23.2 Å². The van der Waals surface area contributed by atoms with Gasteiger partial charge in [0, 0.05) is 28.8 Å². The van der Waals surface area contributed by atoms with Crippen molar-refractivity contribution in [1.82, 2.24) is 14.9 Å². The topological polar surface area (TPSA) is 172 Å². The molecule has 2 saturated heterocycles. The maximum atomic E-state index is 15.1. The third-order valence-electron chi connectivity index (χ3n) is 10.3. The van der Waals surface area contributed by atoms with Crippen LogP contribution in [-0.4, -0.2) is 56.8 Å². The van der Waals surface area contributed by atoms with E-state index >= 15 is 4.79 Å². The van der Waals surface area contributed by atoms with Crippen molar-refractivity contribution >= 4 is 58.7 Å². The Morgan fingerprint density at radius 1 is 1.04 bits per heavy atom. The fraction of sp³-hybridized carbons (Fsp3) is 0.294. The second-order valence-corrected chi connectivity index (χ2v) is 13.5. The summed E-state index contributed by atoms with van der Waals surface area (Å²) >= 11 is 12.4. The van der Waals surface area contributed by atoms with Gasteiger partial charge in [0.05, 0.1) is 40.9 Å². The minimum atomic E-state index is -4.78. The molecule has 17 heteroatoms. The number of benzene rings is 2. The normalized spacial score (nSPS) is 27.2. The fourth-order valence-corrected chi connectivity index (χ4v) is 8.57. The number of imide groups is 4. The molecule has 2 aromatic carbocycles. The van der Waals surface area contributed by atoms with E-state index < -0.39 is 87.2 Å². The Balaban J connectivity index is 1.45. The summed E-state index contributed by atoms with van der Waals surface area (Å²) in [5, 5.41) is 11.9. The molecule has 6 amide bonds. The molecule has 2 aliphatic heterocycles. The number of hydrogen-bond donors (Lipinski definition) is 3. The number of amides is 6. The molecule has 1 saturated carbocycles. The van der Waals surface area contributed by atoms with Crippen molar-refractivity contribution in [2.24, 2.45) is 29.4 Å². The predicted octanol–water partition coefficient (Wildman–Crippen LogP) is 5.19. The number of hydrogen-bond acceptors (Lipinski definition) is 9. The summed E-state index contributed by atoms with van der Waals surface area (Å²) < 4.78 is 45.4. The van der Waals surface area contributed by atoms with Crippen molar-refractivity contribution in [3.8, 4) is 11.5 Å². The summed E-state index contributed by atoms with van der Waals surface area (Å²) in [6, 6.07) is 9.83. The Labute approximate surface area is 296 Å². The standard InChI is InChI=1S/C34H26Cl2F3N5O7/c1-51-17-6-7-19(24(45)11-17)26-18-8-9-20-25(30(48)43(28(20)46)32(40)50)21(18)12-22-29(47)44(31(49)33(22,26)14-2-4-16(35)5-3-14)42-27-23(36)10-15(13-41-27)34(37,38)39/h2-8,10-11,13,20-22,25-26,45H,9,12H2,1H3,(H2,40,50)(H,41,42). The molecule has 3 heterocycles. The van der Waals surface area contributed by atoms with Gasteiger partial charge in [-0.15, -0.1) is 0 Å². The monoisotopic (exact) mass is 743 g/mol. The van der Waals surface area contributed by atoms with Gasteiger partial charge in [0.1, 0.15) is 11.5 Å². The first-order chi connectivity index (χ1) is 24.1. The second-order valence-electron chi connectivity index (χ2n) is 12.7. The molecular weight excluding hydrogens is 718 g/mol. The van der Waals surface area contributed by atoms with E-state index in [1.165, 1.54) is 37.4 Å². The number of phenolic OH excluding ortho intramolecular Hbond substituents is 1. The Morgan fingerprint density at radius 3 is 2.35 bits per heavy atom. The van der Waals surface area contributed by atoms with Crippen LogP contribution in [0, 0.1) is 23.7 Å². The van der Waals surface area contributed by atoms with Gasteiger partial charge in [0.15, 0.2) is 5.82 Å². The van der Waals surface area contributed by atoms with Crippen molar-refractivity contribution in [1.29, 1.82) is 0 Å². The van der Waals surface area contributed by atoms with E-state index in [9.17, 15) is 37.5 Å². The van der Waals surface area contributed by atoms with E-state index in [0.29, 0.717) is 38.3 Å². The molecule has 6 atom stereocenters. The number of methoxy groups -OCH3 is 1. The first kappa shape index (κ1) is 34.3. The highest BCUT2D eigenvalue weighted by Crippen LogP contribution is 2.65. The number of ether oxygens (including phenoxy) is 1. The molecule has 4 aliphatic rings. The number of carbonyl (C=O) groups excluding carboxylic acids is 5. The van der Waals surface area contributed by atoms with Crippen LogP contribution in [0.4, 0.5) is 23.8 Å². The number of hydrazine groups is 1. The maximum Gasteiger partial charge on any atom is 0.417 e. The molecule has 264 valence electrons. The van der Waals surface area contributed by atoms with Gasteiger partial charge in [0.25, 0.3) is 11.8 Å². The molecule has 2 aliphatic carbocycles. The summed E-state index contributed by atoms with van der Waals surface area (Å²) in [6.07, 6.45) is -2.81. The SMILES string of the molecule is COc1ccc(C2C3=CCC4C(=O)N(C(N)=O)C(=O)C4C3CC3C(=O)N(Nc4ncc(C(F)(F)F)cc4Cl)C(=O)C32c2ccc(Cl)cc2)c(O)c1. The molecule has 4 N–H and O–H groups in total. The number of anilines is 1. The molecule has 0 bridgehead atoms. The zero-order chi connectivity index (χ0) is 36.7. The zero-order valence-corrected chi connectivity index (χ0v) is 27.8. The summed E-state index contributed by atoms with van der Waals surface area (Å²) in [5.74, 6) is -9.34. The van der Waals surface area contributed by atoms with E-state index in [0.717, 1.165) is 0 Å². The van der Waals surface area contributed by atoms with E-state index in [-0.39, 0.29) is 29.9 Å². The van der Waals surface area contributed by atoms with Crippen LogP contribution in [0.1, 0.15) is 35.4 Å². The summed E-state index contributed by atoms with van der Waals surface area (Å²) in [5.41, 5.74) is 5.82. The smallest absolute Gasteiger partial charge is 0.417 e. The lowest BCUT2D eigenvalue weighted by molar-refractivity contribution is -0.140. The number of urea groups is 1. The van der Waals surface area contributed by atoms with E-state index in [1.807, 2.05) is 0 Å². The number of pyridine rings is 1. The van der Waals surface area contributed by atoms with Crippen LogP contribution in [0.3, 0.4) is 0 Å². The van der Waals surface area contributed by atoms with E-state index in [1.54, 1.807) is 18.2 Å². The van der Waals surface area contributed by atoms with E-state index in [4.69, 9.17) is 33.7 Å². The third kappa shape index (κ3) is 5.04. The second kappa shape index (κ2) is 12.0. The molecule has 3 aromatic rings. The van der Waals surface area contributed by atoms with Gasteiger partial charge in [-0.25, -0.2) is 9.78 Å². The number of aromatic nitrogens is 1. The molecule has 51 heavy (non-hydrogen) atoms. The molecule has 0 radical (unpaired) electrons. The summed E-state index contributed by atoms with van der Waals surface area (Å²) in [4.78, 5) is 73.1. The van der Waals surface area contributed by atoms with Crippen LogP contribution < -0.4 is 15.9 Å². The van der Waals surface area contributed by atoms with Crippen molar-refractivity contribution in [2.45, 2.75) is 30.4 Å². The number of allylic oxidation sites excluding steroid dienone is 2. The lowest BCUT2D eigenvalue weighted by Gasteiger charge is -2.50. The van der Waals surface area contributed by atoms with Gasteiger partial charge in [-0.2, -0.15) is 23.1 Å². The fourth-order valence-electron chi connectivity index (χ4n) is 8.24. The quantitative estimate of drug-likeness (QED) is 0.235. The highest BCUT2D eigenvalue weighted by molar-refractivity contribution is 6.33. The van der Waals surface area contributed by atoms with Crippen LogP contribution in [0.15, 0.2) is 66.4 Å². The molecule has 7 rings (SSSR count). The molecule has 3 fully saturated rings. The van der Waals surface area contributed by atoms with Gasteiger partial charge in [-0.05, 0) is 48.6 Å². The van der Waals surface area contributed by atoms with Gasteiger partial charge in [-0.3, -0.25) is 24.6 Å². The van der Waals surface area contributed by atoms with Crippen LogP contribution in [0.5, 0.6) is 11.5 Å². The summed E-state index contributed by atoms with van der Waals surface area (Å²) in [7, 11) is 1.39. The van der Waals surface area contributed by atoms with Crippen molar-refractivity contribution in [3.63, 3.8) is 0 Å². The maximum absolute atomic E-state index is 15.1. The first-order valence-electron chi connectivity index (χ1n) is 15.5. The average molecular weight is 745 g/mol. The number of fused-ring (bicyclic) bond motifs is 4. The van der Waals surface area contributed by atoms with Crippen LogP contribution in [-0.2, 0) is 30.8 Å². The number of rotatable bonds is 5. The van der Waals surface area contributed by atoms with Gasteiger partial charge in [-0.1, -0.05) is 53.1 Å². The molecule has 6 unspecified atom stereocenters. The lowest BCUT2D eigenvalue weighted by Crippen LogP contribution is -2.53. The Hall–Kier alpha value is -5.15. The van der Waals surface area contributed by atoms with E-state index in [2.05, 4.69) is 10.4 Å². The minimum absolute atomic E-state index is 0.0190. The van der Waals surface area contributed by atoms with Crippen molar-refractivity contribution in [2.75, 3.05) is 12.5 Å². The number of nitrogens with one attached hydrogen (secondary N) is 1. The molecular formula is C34H26Cl2F3N5O7. The van der Waals surface area contributed by atoms with Crippen LogP contribution in [0.25, 0.3) is 0 Å². The molecule has 1 aromatic heterocycles. The third-order valence-corrected chi connectivity index (χ3v) is 10.9. The van der Waals surface area contributed by atoms with Gasteiger partial charge >= 0.3 is 12.2 Å². The van der Waals surface area contributed by atoms with Crippen molar-refractivity contribution in [3.05, 3.63) is 93.1 Å². The highest BCUT2D eigenvalue weighted by Gasteiger charge is 2.71. The van der Waals surface area contributed by atoms with Crippen LogP contribution in [0.2, 0.25) is 10.0 Å². The lowest BCUT2D eigenvalue weighted by atomic mass is 9.49. The number of aromatic hydroxyl groups is 1. The highest BCUT2D eigenvalue weighted by atomic mass is 35.5. The first-order valence-corrected chi connectivity index (χ1v) is 16.2. The molecule has 0 spiro atoms. The Morgan fingerprint density at radius 2 is 1.75 bits per heavy atom. The number of carbonyl (C=O) groups is 5. The number of nitrogens with zero attached hydrogens (tertiary/aromatic N) is 3. The number of phenols is 1. The van der Waals surface area contributed by atoms with Crippen molar-refractivity contribution < 1.29 is 47.0 Å². The number of primary amides is 1. The minimum Gasteiger partial charge on any atom is -0.508 e. The predicted molar refractivity (Wildman–Crippen MR) is 173 cm³/mol. The average Bonchev–Trinajstić information content (AvgIpc) is 3.46.